The highest BCUT2D eigenvalue weighted by atomic mass is 35.5. The molecule has 0 radical (unpaired) electrons. The molecule has 0 bridgehead atoms. The summed E-state index contributed by atoms with van der Waals surface area (Å²) in [5.74, 6) is 0. The van der Waals surface area contributed by atoms with E-state index in [0.29, 0.717) is 5.69 Å². The minimum atomic E-state index is -0.531. The van der Waals surface area contributed by atoms with E-state index in [4.69, 9.17) is 11.6 Å². The van der Waals surface area contributed by atoms with E-state index in [1.165, 1.54) is 12.3 Å². The van der Waals surface area contributed by atoms with Crippen molar-refractivity contribution in [2.24, 2.45) is 0 Å². The van der Waals surface area contributed by atoms with Crippen molar-refractivity contribution in [3.05, 3.63) is 33.1 Å². The summed E-state index contributed by atoms with van der Waals surface area (Å²) in [6.45, 7) is 1.67. The molecule has 0 fully saturated rings. The van der Waals surface area contributed by atoms with Gasteiger partial charge in [0.15, 0.2) is 0 Å². The molecular formula is C6H5ClN2O2. The maximum absolute atomic E-state index is 10.3. The average molecular weight is 173 g/mol. The molecule has 0 amide bonds. The Morgan fingerprint density at radius 1 is 1.73 bits per heavy atom. The summed E-state index contributed by atoms with van der Waals surface area (Å²) in [7, 11) is 0. The van der Waals surface area contributed by atoms with Gasteiger partial charge in [-0.05, 0) is 6.92 Å². The van der Waals surface area contributed by atoms with Crippen LogP contribution in [0.3, 0.4) is 0 Å². The maximum Gasteiger partial charge on any atom is 0.291 e. The monoisotopic (exact) mass is 172 g/mol. The summed E-state index contributed by atoms with van der Waals surface area (Å²) >= 11 is 5.49. The first-order chi connectivity index (χ1) is 5.11. The number of nitro groups is 1. The second kappa shape index (κ2) is 2.84. The normalized spacial score (nSPS) is 9.64. The standard InChI is InChI=1S/C6H5ClN2O2/c1-4-2-6(9(10)11)5(7)3-8-4/h2-3H,1H3. The summed E-state index contributed by atoms with van der Waals surface area (Å²) in [6, 6.07) is 1.34. The molecule has 58 valence electrons. The molecule has 1 aromatic rings. The molecule has 0 spiro atoms. The van der Waals surface area contributed by atoms with Crippen LogP contribution in [0.2, 0.25) is 5.02 Å². The number of halogens is 1. The third-order valence-electron chi connectivity index (χ3n) is 1.17. The van der Waals surface area contributed by atoms with Crippen molar-refractivity contribution >= 4 is 17.3 Å². The molecule has 0 atom stereocenters. The van der Waals surface area contributed by atoms with Gasteiger partial charge in [-0.1, -0.05) is 11.6 Å². The van der Waals surface area contributed by atoms with Crippen LogP contribution < -0.4 is 0 Å². The molecule has 0 aliphatic heterocycles. The quantitative estimate of drug-likeness (QED) is 0.481. The Kier molecular flexibility index (Phi) is 2.05. The smallest absolute Gasteiger partial charge is 0.260 e. The van der Waals surface area contributed by atoms with Crippen LogP contribution in [0.1, 0.15) is 5.69 Å². The van der Waals surface area contributed by atoms with Gasteiger partial charge in [-0.15, -0.1) is 0 Å². The van der Waals surface area contributed by atoms with E-state index in [1.807, 2.05) is 0 Å². The predicted molar refractivity (Wildman–Crippen MR) is 40.6 cm³/mol. The lowest BCUT2D eigenvalue weighted by molar-refractivity contribution is -0.384. The average Bonchev–Trinajstić information content (AvgIpc) is 1.94. The highest BCUT2D eigenvalue weighted by Crippen LogP contribution is 2.22. The van der Waals surface area contributed by atoms with Crippen molar-refractivity contribution < 1.29 is 4.92 Å². The van der Waals surface area contributed by atoms with Crippen LogP contribution in [0.4, 0.5) is 5.69 Å². The zero-order valence-electron chi connectivity index (χ0n) is 5.74. The molecule has 0 unspecified atom stereocenters. The van der Waals surface area contributed by atoms with Gasteiger partial charge in [0.1, 0.15) is 5.02 Å². The van der Waals surface area contributed by atoms with E-state index in [-0.39, 0.29) is 10.7 Å². The fraction of sp³-hybridized carbons (Fsp3) is 0.167. The van der Waals surface area contributed by atoms with Crippen molar-refractivity contribution in [1.29, 1.82) is 0 Å². The largest absolute Gasteiger partial charge is 0.291 e. The molecule has 0 N–H and O–H groups in total. The fourth-order valence-electron chi connectivity index (χ4n) is 0.669. The lowest BCUT2D eigenvalue weighted by Gasteiger charge is -1.94. The van der Waals surface area contributed by atoms with E-state index < -0.39 is 4.92 Å². The first-order valence-electron chi connectivity index (χ1n) is 2.88. The minimum absolute atomic E-state index is 0.0700. The van der Waals surface area contributed by atoms with Crippen LogP contribution in [0.25, 0.3) is 0 Å². The molecule has 4 nitrogen and oxygen atoms in total. The minimum Gasteiger partial charge on any atom is -0.260 e. The molecule has 11 heavy (non-hydrogen) atoms. The number of aromatic nitrogens is 1. The number of hydrogen-bond donors (Lipinski definition) is 0. The predicted octanol–water partition coefficient (Wildman–Crippen LogP) is 1.95. The third-order valence-corrected chi connectivity index (χ3v) is 1.46. The number of nitrogens with zero attached hydrogens (tertiary/aromatic N) is 2. The van der Waals surface area contributed by atoms with E-state index in [2.05, 4.69) is 4.98 Å². The molecule has 1 rings (SSSR count). The second-order valence-corrected chi connectivity index (χ2v) is 2.44. The molecule has 5 heteroatoms. The first kappa shape index (κ1) is 7.94. The Bertz CT molecular complexity index is 301. The van der Waals surface area contributed by atoms with Crippen LogP contribution in [0, 0.1) is 17.0 Å². The zero-order valence-corrected chi connectivity index (χ0v) is 6.50. The number of hydrogen-bond acceptors (Lipinski definition) is 3. The topological polar surface area (TPSA) is 56.0 Å². The lowest BCUT2D eigenvalue weighted by Crippen LogP contribution is -1.91. The van der Waals surface area contributed by atoms with Crippen LogP contribution in [0.15, 0.2) is 12.3 Å². The SMILES string of the molecule is Cc1cc([N+](=O)[O-])c(Cl)cn1. The Labute approximate surface area is 68.0 Å². The van der Waals surface area contributed by atoms with Gasteiger partial charge in [0, 0.05) is 11.8 Å². The Morgan fingerprint density at radius 2 is 2.36 bits per heavy atom. The van der Waals surface area contributed by atoms with E-state index >= 15 is 0 Å². The number of rotatable bonds is 1. The molecule has 0 aromatic carbocycles. The molecule has 0 saturated carbocycles. The van der Waals surface area contributed by atoms with Gasteiger partial charge in [-0.2, -0.15) is 0 Å². The highest BCUT2D eigenvalue weighted by Gasteiger charge is 2.11. The molecule has 0 aliphatic rings. The van der Waals surface area contributed by atoms with Crippen molar-refractivity contribution in [1.82, 2.24) is 4.98 Å². The molecule has 0 saturated heterocycles. The summed E-state index contributed by atoms with van der Waals surface area (Å²) in [6.07, 6.45) is 1.27. The first-order valence-corrected chi connectivity index (χ1v) is 3.25. The Balaban J connectivity index is 3.23. The Hall–Kier alpha value is -1.16. The van der Waals surface area contributed by atoms with E-state index in [0.717, 1.165) is 0 Å². The molecular weight excluding hydrogens is 168 g/mol. The van der Waals surface area contributed by atoms with Crippen LogP contribution >= 0.6 is 11.6 Å². The van der Waals surface area contributed by atoms with Crippen molar-refractivity contribution in [3.8, 4) is 0 Å². The highest BCUT2D eigenvalue weighted by molar-refractivity contribution is 6.32. The van der Waals surface area contributed by atoms with Crippen molar-refractivity contribution in [3.63, 3.8) is 0 Å². The van der Waals surface area contributed by atoms with Gasteiger partial charge in [0.05, 0.1) is 11.1 Å². The second-order valence-electron chi connectivity index (χ2n) is 2.03. The van der Waals surface area contributed by atoms with Gasteiger partial charge in [0.25, 0.3) is 5.69 Å². The lowest BCUT2D eigenvalue weighted by atomic mass is 10.3. The van der Waals surface area contributed by atoms with Gasteiger partial charge < -0.3 is 0 Å². The molecule has 0 aliphatic carbocycles. The summed E-state index contributed by atoms with van der Waals surface area (Å²) in [4.78, 5) is 13.5. The van der Waals surface area contributed by atoms with Gasteiger partial charge in [-0.25, -0.2) is 0 Å². The van der Waals surface area contributed by atoms with Crippen LogP contribution in [0.5, 0.6) is 0 Å². The van der Waals surface area contributed by atoms with Gasteiger partial charge in [-0.3, -0.25) is 15.1 Å². The van der Waals surface area contributed by atoms with Crippen LogP contribution in [-0.2, 0) is 0 Å². The van der Waals surface area contributed by atoms with E-state index in [9.17, 15) is 10.1 Å². The summed E-state index contributed by atoms with van der Waals surface area (Å²) < 4.78 is 0. The zero-order chi connectivity index (χ0) is 8.43. The Morgan fingerprint density at radius 3 is 2.82 bits per heavy atom. The third kappa shape index (κ3) is 1.65. The fourth-order valence-corrected chi connectivity index (χ4v) is 0.841. The summed E-state index contributed by atoms with van der Waals surface area (Å²) in [5.41, 5.74) is 0.486. The number of aryl methyl sites for hydroxylation is 1. The van der Waals surface area contributed by atoms with Crippen LogP contribution in [-0.4, -0.2) is 9.91 Å². The molecule has 1 aromatic heterocycles. The molecule has 1 heterocycles. The number of pyridine rings is 1. The van der Waals surface area contributed by atoms with Gasteiger partial charge >= 0.3 is 0 Å². The van der Waals surface area contributed by atoms with Crippen molar-refractivity contribution in [2.75, 3.05) is 0 Å². The van der Waals surface area contributed by atoms with E-state index in [1.54, 1.807) is 6.92 Å². The van der Waals surface area contributed by atoms with Crippen molar-refractivity contribution in [2.45, 2.75) is 6.92 Å². The summed E-state index contributed by atoms with van der Waals surface area (Å²) in [5, 5.41) is 10.3. The van der Waals surface area contributed by atoms with Gasteiger partial charge in [0.2, 0.25) is 0 Å². The maximum atomic E-state index is 10.3.